The van der Waals surface area contributed by atoms with E-state index in [4.69, 9.17) is 10.5 Å². The number of amides is 2. The minimum absolute atomic E-state index is 0.0758. The first-order valence-corrected chi connectivity index (χ1v) is 11.9. The number of para-hydroxylation sites is 1. The number of ether oxygens (including phenoxy) is 1. The summed E-state index contributed by atoms with van der Waals surface area (Å²) in [6, 6.07) is 14.9. The maximum atomic E-state index is 13.4. The van der Waals surface area contributed by atoms with Gasteiger partial charge in [0, 0.05) is 36.0 Å². The number of hydrogen-bond donors (Lipinski definition) is 2. The van der Waals surface area contributed by atoms with Crippen molar-refractivity contribution >= 4 is 18.0 Å². The number of allylic oxidation sites excluding steroid dienone is 1. The Balaban J connectivity index is 1.26. The van der Waals surface area contributed by atoms with E-state index in [-0.39, 0.29) is 35.9 Å². The van der Waals surface area contributed by atoms with E-state index in [9.17, 15) is 9.59 Å². The first-order valence-electron chi connectivity index (χ1n) is 11.9. The van der Waals surface area contributed by atoms with E-state index in [1.54, 1.807) is 18.3 Å². The van der Waals surface area contributed by atoms with Gasteiger partial charge in [-0.25, -0.2) is 0 Å². The second-order valence-electron chi connectivity index (χ2n) is 9.29. The summed E-state index contributed by atoms with van der Waals surface area (Å²) in [4.78, 5) is 32.3. The van der Waals surface area contributed by atoms with Crippen molar-refractivity contribution in [1.29, 1.82) is 0 Å². The standard InChI is InChI=1S/C27H30N4O3/c1-17-15-20(12-13-29-17)30-26(32)19-10-8-18(9-11-19)25(28)23-6-4-14-31(23)27(33)22-16-34-24-7-3-2-5-21(22)24/h2-3,5,7-13,17,22-23,25H,4,6,14-16,28H2,1H3,(H,30,32)/t17-,22-,23-,25+/m1/s1. The van der Waals surface area contributed by atoms with E-state index in [0.29, 0.717) is 25.1 Å². The number of nitrogens with one attached hydrogen (secondary N) is 1. The van der Waals surface area contributed by atoms with Crippen molar-refractivity contribution in [3.63, 3.8) is 0 Å². The number of dihydropyridines is 1. The van der Waals surface area contributed by atoms with Crippen LogP contribution in [0.3, 0.4) is 0 Å². The van der Waals surface area contributed by atoms with E-state index in [0.717, 1.165) is 35.4 Å². The Morgan fingerprint density at radius 1 is 1.18 bits per heavy atom. The molecule has 0 saturated carbocycles. The van der Waals surface area contributed by atoms with Gasteiger partial charge in [0.2, 0.25) is 5.91 Å². The third-order valence-electron chi connectivity index (χ3n) is 6.96. The van der Waals surface area contributed by atoms with Gasteiger partial charge in [-0.15, -0.1) is 0 Å². The zero-order chi connectivity index (χ0) is 23.7. The number of carbonyl (C=O) groups is 2. The zero-order valence-electron chi connectivity index (χ0n) is 19.3. The normalized spacial score (nSPS) is 24.2. The molecule has 1 saturated heterocycles. The number of fused-ring (bicyclic) bond motifs is 1. The molecule has 2 aromatic carbocycles. The van der Waals surface area contributed by atoms with Gasteiger partial charge >= 0.3 is 0 Å². The van der Waals surface area contributed by atoms with Gasteiger partial charge in [0.05, 0.1) is 18.1 Å². The molecule has 176 valence electrons. The molecule has 3 N–H and O–H groups in total. The van der Waals surface area contributed by atoms with Crippen LogP contribution in [0, 0.1) is 0 Å². The number of rotatable bonds is 5. The van der Waals surface area contributed by atoms with E-state index in [2.05, 4.69) is 10.3 Å². The third kappa shape index (κ3) is 4.35. The number of aliphatic imine (C=N–C) groups is 1. The highest BCUT2D eigenvalue weighted by Gasteiger charge is 2.40. The fraction of sp³-hybridized carbons (Fsp3) is 0.370. The van der Waals surface area contributed by atoms with Crippen LogP contribution in [0.2, 0.25) is 0 Å². The molecule has 1 fully saturated rings. The smallest absolute Gasteiger partial charge is 0.255 e. The number of hydrogen-bond acceptors (Lipinski definition) is 5. The van der Waals surface area contributed by atoms with Crippen LogP contribution < -0.4 is 15.8 Å². The lowest BCUT2D eigenvalue weighted by Crippen LogP contribution is -2.44. The van der Waals surface area contributed by atoms with Crippen LogP contribution in [0.15, 0.2) is 65.3 Å². The lowest BCUT2D eigenvalue weighted by atomic mass is 9.95. The largest absolute Gasteiger partial charge is 0.492 e. The quantitative estimate of drug-likeness (QED) is 0.718. The summed E-state index contributed by atoms with van der Waals surface area (Å²) in [6.07, 6.45) is 6.07. The van der Waals surface area contributed by atoms with Gasteiger partial charge in [-0.3, -0.25) is 14.6 Å². The predicted molar refractivity (Wildman–Crippen MR) is 131 cm³/mol. The number of benzene rings is 2. The Labute approximate surface area is 199 Å². The molecule has 0 aromatic heterocycles. The number of nitrogens with zero attached hydrogens (tertiary/aromatic N) is 2. The van der Waals surface area contributed by atoms with Crippen LogP contribution in [-0.4, -0.2) is 48.2 Å². The van der Waals surface area contributed by atoms with Gasteiger partial charge in [-0.1, -0.05) is 30.3 Å². The molecule has 4 atom stereocenters. The molecule has 0 unspecified atom stereocenters. The molecule has 3 heterocycles. The van der Waals surface area contributed by atoms with Crippen LogP contribution in [-0.2, 0) is 4.79 Å². The molecule has 7 heteroatoms. The van der Waals surface area contributed by atoms with Crippen LogP contribution in [0.4, 0.5) is 0 Å². The van der Waals surface area contributed by atoms with E-state index < -0.39 is 0 Å². The summed E-state index contributed by atoms with van der Waals surface area (Å²) in [5, 5.41) is 2.97. The first kappa shape index (κ1) is 22.3. The molecule has 0 aliphatic carbocycles. The predicted octanol–water partition coefficient (Wildman–Crippen LogP) is 3.33. The fourth-order valence-corrected chi connectivity index (χ4v) is 5.12. The average Bonchev–Trinajstić information content (AvgIpc) is 3.51. The molecule has 7 nitrogen and oxygen atoms in total. The number of nitrogens with two attached hydrogens (primary N) is 1. The molecule has 0 bridgehead atoms. The van der Waals surface area contributed by atoms with Crippen molar-refractivity contribution in [3.05, 3.63) is 77.0 Å². The molecule has 0 radical (unpaired) electrons. The minimum Gasteiger partial charge on any atom is -0.492 e. The Morgan fingerprint density at radius 2 is 1.97 bits per heavy atom. The summed E-state index contributed by atoms with van der Waals surface area (Å²) in [7, 11) is 0. The number of likely N-dealkylation sites (tertiary alicyclic amines) is 1. The highest BCUT2D eigenvalue weighted by molar-refractivity contribution is 5.96. The van der Waals surface area contributed by atoms with Crippen LogP contribution in [0.1, 0.15) is 59.6 Å². The van der Waals surface area contributed by atoms with Gasteiger partial charge < -0.3 is 20.7 Å². The molecule has 3 aliphatic rings. The van der Waals surface area contributed by atoms with Gasteiger partial charge in [-0.05, 0) is 49.6 Å². The Hall–Kier alpha value is -3.45. The lowest BCUT2D eigenvalue weighted by molar-refractivity contribution is -0.134. The molecule has 3 aliphatic heterocycles. The number of carbonyl (C=O) groups excluding carboxylic acids is 2. The lowest BCUT2D eigenvalue weighted by Gasteiger charge is -2.31. The van der Waals surface area contributed by atoms with Gasteiger partial charge in [0.25, 0.3) is 5.91 Å². The monoisotopic (exact) mass is 458 g/mol. The van der Waals surface area contributed by atoms with Crippen molar-refractivity contribution in [1.82, 2.24) is 10.2 Å². The van der Waals surface area contributed by atoms with Crippen molar-refractivity contribution < 1.29 is 14.3 Å². The second-order valence-corrected chi connectivity index (χ2v) is 9.29. The van der Waals surface area contributed by atoms with Crippen LogP contribution in [0.5, 0.6) is 5.75 Å². The maximum Gasteiger partial charge on any atom is 0.255 e. The molecule has 2 aromatic rings. The molecule has 2 amide bonds. The van der Waals surface area contributed by atoms with Crippen molar-refractivity contribution in [2.45, 2.75) is 50.2 Å². The van der Waals surface area contributed by atoms with Crippen molar-refractivity contribution in [3.8, 4) is 5.75 Å². The maximum absolute atomic E-state index is 13.4. The SMILES string of the molecule is C[C@@H]1CC(NC(=O)c2ccc([C@H](N)[C@H]3CCCN3C(=O)[C@@H]3COc4ccccc43)cc2)=CC=N1. The van der Waals surface area contributed by atoms with Crippen LogP contribution >= 0.6 is 0 Å². The van der Waals surface area contributed by atoms with Gasteiger partial charge in [-0.2, -0.15) is 0 Å². The summed E-state index contributed by atoms with van der Waals surface area (Å²) in [5.74, 6) is 0.446. The van der Waals surface area contributed by atoms with E-state index >= 15 is 0 Å². The Morgan fingerprint density at radius 3 is 2.76 bits per heavy atom. The second kappa shape index (κ2) is 9.43. The van der Waals surface area contributed by atoms with Gasteiger partial charge in [0.1, 0.15) is 18.3 Å². The molecular formula is C27H30N4O3. The zero-order valence-corrected chi connectivity index (χ0v) is 19.3. The highest BCUT2D eigenvalue weighted by Crippen LogP contribution is 2.37. The third-order valence-corrected chi connectivity index (χ3v) is 6.96. The summed E-state index contributed by atoms with van der Waals surface area (Å²) in [6.45, 7) is 3.09. The average molecular weight is 459 g/mol. The first-order chi connectivity index (χ1) is 16.5. The van der Waals surface area contributed by atoms with E-state index in [1.807, 2.05) is 54.3 Å². The van der Waals surface area contributed by atoms with E-state index in [1.165, 1.54) is 0 Å². The Bertz CT molecular complexity index is 1140. The summed E-state index contributed by atoms with van der Waals surface area (Å²) in [5.41, 5.74) is 9.98. The molecule has 0 spiro atoms. The van der Waals surface area contributed by atoms with Gasteiger partial charge in [0.15, 0.2) is 0 Å². The topological polar surface area (TPSA) is 97.0 Å². The highest BCUT2D eigenvalue weighted by atomic mass is 16.5. The van der Waals surface area contributed by atoms with Crippen LogP contribution in [0.25, 0.3) is 0 Å². The van der Waals surface area contributed by atoms with Crippen molar-refractivity contribution in [2.75, 3.05) is 13.2 Å². The molecular weight excluding hydrogens is 428 g/mol. The molecule has 5 rings (SSSR count). The van der Waals surface area contributed by atoms with Crippen molar-refractivity contribution in [2.24, 2.45) is 10.7 Å². The summed E-state index contributed by atoms with van der Waals surface area (Å²) < 4.78 is 5.74. The summed E-state index contributed by atoms with van der Waals surface area (Å²) >= 11 is 0. The Kier molecular flexibility index (Phi) is 6.20. The minimum atomic E-state index is -0.320. The molecule has 34 heavy (non-hydrogen) atoms. The fourth-order valence-electron chi connectivity index (χ4n) is 5.12.